The summed E-state index contributed by atoms with van der Waals surface area (Å²) in [5.74, 6) is 0. The number of nitrogens with zero attached hydrogens (tertiary/aromatic N) is 2. The molecule has 0 radical (unpaired) electrons. The summed E-state index contributed by atoms with van der Waals surface area (Å²) < 4.78 is 0. The third-order valence-electron chi connectivity index (χ3n) is 2.85. The van der Waals surface area contributed by atoms with Gasteiger partial charge in [0, 0.05) is 0 Å². The summed E-state index contributed by atoms with van der Waals surface area (Å²) in [4.78, 5) is 28.1. The fourth-order valence-corrected chi connectivity index (χ4v) is 1.90. The van der Waals surface area contributed by atoms with Crippen LogP contribution in [0.15, 0.2) is 22.1 Å². The number of aryl methyl sites for hydroxylation is 1. The molecule has 0 spiro atoms. The van der Waals surface area contributed by atoms with Crippen LogP contribution in [0.4, 0.5) is 11.4 Å². The van der Waals surface area contributed by atoms with Crippen LogP contribution in [0.5, 0.6) is 0 Å². The number of aliphatic imine (C=N–C) groups is 2. The van der Waals surface area contributed by atoms with E-state index in [1.54, 1.807) is 6.07 Å². The summed E-state index contributed by atoms with van der Waals surface area (Å²) in [7, 11) is 0. The Labute approximate surface area is 106 Å². The van der Waals surface area contributed by atoms with Gasteiger partial charge in [-0.1, -0.05) is 25.8 Å². The van der Waals surface area contributed by atoms with E-state index < -0.39 is 0 Å². The molecule has 0 fully saturated rings. The third kappa shape index (κ3) is 3.49. The maximum absolute atomic E-state index is 10.5. The van der Waals surface area contributed by atoms with Gasteiger partial charge in [-0.3, -0.25) is 0 Å². The van der Waals surface area contributed by atoms with Crippen LogP contribution in [0.3, 0.4) is 0 Å². The minimum Gasteiger partial charge on any atom is -0.211 e. The monoisotopic (exact) mass is 244 g/mol. The van der Waals surface area contributed by atoms with E-state index in [1.165, 1.54) is 12.2 Å². The van der Waals surface area contributed by atoms with Crippen LogP contribution in [0.2, 0.25) is 0 Å². The lowest BCUT2D eigenvalue weighted by Gasteiger charge is -2.10. The van der Waals surface area contributed by atoms with Crippen LogP contribution >= 0.6 is 0 Å². The van der Waals surface area contributed by atoms with Crippen LogP contribution in [0.1, 0.15) is 37.3 Å². The van der Waals surface area contributed by atoms with Crippen molar-refractivity contribution in [1.82, 2.24) is 0 Å². The summed E-state index contributed by atoms with van der Waals surface area (Å²) in [6.07, 6.45) is 7.09. The molecule has 0 aromatic heterocycles. The molecule has 0 amide bonds. The highest BCUT2D eigenvalue weighted by Gasteiger charge is 2.10. The van der Waals surface area contributed by atoms with Gasteiger partial charge < -0.3 is 0 Å². The summed E-state index contributed by atoms with van der Waals surface area (Å²) >= 11 is 0. The van der Waals surface area contributed by atoms with E-state index in [4.69, 9.17) is 0 Å². The maximum Gasteiger partial charge on any atom is 0.240 e. The molecule has 0 unspecified atom stereocenters. The first-order valence-corrected chi connectivity index (χ1v) is 6.02. The smallest absolute Gasteiger partial charge is 0.211 e. The second kappa shape index (κ2) is 7.33. The molecular formula is C14H16N2O2. The van der Waals surface area contributed by atoms with Gasteiger partial charge in [0.25, 0.3) is 0 Å². The molecule has 0 aliphatic carbocycles. The molecule has 4 heteroatoms. The minimum atomic E-state index is 0.380. The molecule has 0 saturated carbocycles. The van der Waals surface area contributed by atoms with E-state index in [0.29, 0.717) is 11.4 Å². The Balaban J connectivity index is 3.22. The minimum absolute atomic E-state index is 0.380. The average molecular weight is 244 g/mol. The zero-order chi connectivity index (χ0) is 13.4. The summed E-state index contributed by atoms with van der Waals surface area (Å²) in [5.41, 5.74) is 2.84. The molecule has 1 aromatic carbocycles. The first kappa shape index (κ1) is 14.0. The number of unbranched alkanes of at least 4 members (excludes halogenated alkanes) is 2. The van der Waals surface area contributed by atoms with E-state index in [9.17, 15) is 9.59 Å². The molecule has 4 nitrogen and oxygen atoms in total. The molecular weight excluding hydrogens is 228 g/mol. The summed E-state index contributed by atoms with van der Waals surface area (Å²) in [6, 6.07) is 3.54. The Morgan fingerprint density at radius 3 is 2.44 bits per heavy atom. The standard InChI is InChI=1S/C14H16N2O2/c1-3-4-5-6-12-11(2)7-8-13(15-9-17)14(12)16-10-18/h7-8H,3-6H2,1-2H3. The number of hydrogen-bond donors (Lipinski definition) is 0. The second-order valence-electron chi connectivity index (χ2n) is 4.09. The molecule has 1 rings (SSSR count). The lowest BCUT2D eigenvalue weighted by Crippen LogP contribution is -1.91. The van der Waals surface area contributed by atoms with Gasteiger partial charge >= 0.3 is 0 Å². The topological polar surface area (TPSA) is 58.9 Å². The largest absolute Gasteiger partial charge is 0.240 e. The Hall–Kier alpha value is -2.02. The fraction of sp³-hybridized carbons (Fsp3) is 0.429. The van der Waals surface area contributed by atoms with Crippen molar-refractivity contribution < 1.29 is 9.59 Å². The van der Waals surface area contributed by atoms with E-state index >= 15 is 0 Å². The van der Waals surface area contributed by atoms with Gasteiger partial charge in [-0.05, 0) is 37.0 Å². The lowest BCUT2D eigenvalue weighted by molar-refractivity contribution is 0.564. The molecule has 0 aliphatic heterocycles. The molecule has 0 bridgehead atoms. The number of hydrogen-bond acceptors (Lipinski definition) is 4. The van der Waals surface area contributed by atoms with Crippen LogP contribution < -0.4 is 0 Å². The molecule has 1 aromatic rings. The van der Waals surface area contributed by atoms with Crippen molar-refractivity contribution in [3.8, 4) is 0 Å². The molecule has 94 valence electrons. The van der Waals surface area contributed by atoms with Crippen LogP contribution in [-0.4, -0.2) is 12.2 Å². The van der Waals surface area contributed by atoms with Crippen LogP contribution in [0, 0.1) is 6.92 Å². The van der Waals surface area contributed by atoms with Gasteiger partial charge in [-0.25, -0.2) is 9.59 Å². The van der Waals surface area contributed by atoms with Gasteiger partial charge in [0.2, 0.25) is 12.2 Å². The highest BCUT2D eigenvalue weighted by atomic mass is 16.1. The van der Waals surface area contributed by atoms with Crippen LogP contribution in [-0.2, 0) is 16.0 Å². The predicted octanol–water partition coefficient (Wildman–Crippen LogP) is 3.66. The SMILES string of the molecule is CCCCCc1c(C)ccc(N=C=O)c1N=C=O. The number of benzene rings is 1. The van der Waals surface area contributed by atoms with Gasteiger partial charge in [-0.15, -0.1) is 0 Å². The van der Waals surface area contributed by atoms with Crippen molar-refractivity contribution in [2.45, 2.75) is 39.5 Å². The average Bonchev–Trinajstić information content (AvgIpc) is 2.36. The molecule has 18 heavy (non-hydrogen) atoms. The van der Waals surface area contributed by atoms with Gasteiger partial charge in [0.1, 0.15) is 11.4 Å². The normalized spacial score (nSPS) is 9.44. The lowest BCUT2D eigenvalue weighted by atomic mass is 9.99. The summed E-state index contributed by atoms with van der Waals surface area (Å²) in [6.45, 7) is 4.09. The van der Waals surface area contributed by atoms with Gasteiger partial charge in [-0.2, -0.15) is 9.98 Å². The zero-order valence-electron chi connectivity index (χ0n) is 10.7. The van der Waals surface area contributed by atoms with E-state index in [0.717, 1.165) is 36.8 Å². The maximum atomic E-state index is 10.5. The molecule has 0 heterocycles. The highest BCUT2D eigenvalue weighted by molar-refractivity contribution is 5.73. The van der Waals surface area contributed by atoms with Crippen LogP contribution in [0.25, 0.3) is 0 Å². The van der Waals surface area contributed by atoms with Crippen molar-refractivity contribution in [3.63, 3.8) is 0 Å². The third-order valence-corrected chi connectivity index (χ3v) is 2.85. The predicted molar refractivity (Wildman–Crippen MR) is 70.0 cm³/mol. The Kier molecular flexibility index (Phi) is 5.72. The van der Waals surface area contributed by atoms with Crippen molar-refractivity contribution in [2.75, 3.05) is 0 Å². The van der Waals surface area contributed by atoms with Crippen molar-refractivity contribution in [1.29, 1.82) is 0 Å². The number of rotatable bonds is 6. The molecule has 0 N–H and O–H groups in total. The number of isocyanates is 2. The molecule has 0 saturated heterocycles. The summed E-state index contributed by atoms with van der Waals surface area (Å²) in [5, 5.41) is 0. The first-order chi connectivity index (χ1) is 8.74. The van der Waals surface area contributed by atoms with Crippen molar-refractivity contribution in [3.05, 3.63) is 23.3 Å². The number of carbonyl (C=O) groups excluding carboxylic acids is 2. The fourth-order valence-electron chi connectivity index (χ4n) is 1.90. The Morgan fingerprint density at radius 2 is 1.83 bits per heavy atom. The molecule has 0 aliphatic rings. The van der Waals surface area contributed by atoms with E-state index in [1.807, 2.05) is 13.0 Å². The Morgan fingerprint density at radius 1 is 1.11 bits per heavy atom. The molecule has 0 atom stereocenters. The van der Waals surface area contributed by atoms with E-state index in [2.05, 4.69) is 16.9 Å². The first-order valence-electron chi connectivity index (χ1n) is 6.02. The quantitative estimate of drug-likeness (QED) is 0.435. The highest BCUT2D eigenvalue weighted by Crippen LogP contribution is 2.34. The van der Waals surface area contributed by atoms with Crippen molar-refractivity contribution >= 4 is 23.5 Å². The van der Waals surface area contributed by atoms with E-state index in [-0.39, 0.29) is 0 Å². The Bertz CT molecular complexity index is 511. The zero-order valence-corrected chi connectivity index (χ0v) is 10.7. The van der Waals surface area contributed by atoms with Gasteiger partial charge in [0.05, 0.1) is 0 Å². The van der Waals surface area contributed by atoms with Crippen molar-refractivity contribution in [2.24, 2.45) is 9.98 Å². The second-order valence-corrected chi connectivity index (χ2v) is 4.09. The van der Waals surface area contributed by atoms with Gasteiger partial charge in [0.15, 0.2) is 0 Å².